The van der Waals surface area contributed by atoms with Crippen LogP contribution in [0.3, 0.4) is 0 Å². The molecule has 2 N–H and O–H groups in total. The number of ether oxygens (including phenoxy) is 3. The standard InChI is InChI=1S/C17H20O7/c1-17(2)15(21-3)13(19)14(20)16(24-17)22-10-5-6-11-9(8-10)4-7-12(18)23-11/h4-8,13-16,19-20H,1-3H3/t13?,14-,15+,16?/m0/s1. The fourth-order valence-corrected chi connectivity index (χ4v) is 2.96. The third kappa shape index (κ3) is 3.03. The number of aliphatic hydroxyl groups is 2. The van der Waals surface area contributed by atoms with Crippen LogP contribution in [0, 0.1) is 0 Å². The molecular weight excluding hydrogens is 316 g/mol. The largest absolute Gasteiger partial charge is 0.462 e. The van der Waals surface area contributed by atoms with E-state index in [1.165, 1.54) is 13.2 Å². The Hall–Kier alpha value is -1.93. The molecule has 2 aromatic rings. The van der Waals surface area contributed by atoms with Gasteiger partial charge in [-0.3, -0.25) is 0 Å². The van der Waals surface area contributed by atoms with Gasteiger partial charge in [-0.15, -0.1) is 0 Å². The van der Waals surface area contributed by atoms with Crippen LogP contribution in [0.2, 0.25) is 0 Å². The van der Waals surface area contributed by atoms with Gasteiger partial charge in [0.1, 0.15) is 29.6 Å². The van der Waals surface area contributed by atoms with Crippen molar-refractivity contribution in [1.29, 1.82) is 0 Å². The summed E-state index contributed by atoms with van der Waals surface area (Å²) in [5.41, 5.74) is -0.848. The van der Waals surface area contributed by atoms with Gasteiger partial charge in [-0.25, -0.2) is 4.79 Å². The molecule has 0 aliphatic carbocycles. The van der Waals surface area contributed by atoms with Crippen LogP contribution in [0.4, 0.5) is 0 Å². The number of rotatable bonds is 3. The van der Waals surface area contributed by atoms with Crippen molar-refractivity contribution in [3.63, 3.8) is 0 Å². The Bertz CT molecular complexity index is 782. The number of benzene rings is 1. The molecule has 2 heterocycles. The highest BCUT2D eigenvalue weighted by molar-refractivity contribution is 5.77. The Kier molecular flexibility index (Phi) is 4.35. The SMILES string of the molecule is CO[C@@H]1C(O)[C@H](O)C(Oc2ccc3oc(=O)ccc3c2)OC1(C)C. The topological polar surface area (TPSA) is 98.4 Å². The zero-order valence-corrected chi connectivity index (χ0v) is 13.6. The van der Waals surface area contributed by atoms with Crippen molar-refractivity contribution in [1.82, 2.24) is 0 Å². The monoisotopic (exact) mass is 336 g/mol. The maximum absolute atomic E-state index is 11.2. The summed E-state index contributed by atoms with van der Waals surface area (Å²) in [7, 11) is 1.45. The molecule has 1 aliphatic rings. The van der Waals surface area contributed by atoms with Crippen LogP contribution in [0.15, 0.2) is 39.5 Å². The van der Waals surface area contributed by atoms with E-state index in [9.17, 15) is 15.0 Å². The van der Waals surface area contributed by atoms with Crippen LogP contribution < -0.4 is 10.4 Å². The maximum atomic E-state index is 11.2. The minimum atomic E-state index is -1.27. The van der Waals surface area contributed by atoms with Crippen molar-refractivity contribution in [2.75, 3.05) is 7.11 Å². The molecule has 3 rings (SSSR count). The first-order chi connectivity index (χ1) is 11.3. The first-order valence-corrected chi connectivity index (χ1v) is 7.59. The van der Waals surface area contributed by atoms with Crippen molar-refractivity contribution in [3.8, 4) is 5.75 Å². The summed E-state index contributed by atoms with van der Waals surface area (Å²) in [6.45, 7) is 3.50. The summed E-state index contributed by atoms with van der Waals surface area (Å²) in [5, 5.41) is 21.2. The van der Waals surface area contributed by atoms with Crippen molar-refractivity contribution >= 4 is 11.0 Å². The van der Waals surface area contributed by atoms with Gasteiger partial charge in [0.2, 0.25) is 6.29 Å². The lowest BCUT2D eigenvalue weighted by Crippen LogP contribution is -2.63. The van der Waals surface area contributed by atoms with Gasteiger partial charge in [0.05, 0.1) is 5.60 Å². The van der Waals surface area contributed by atoms with Gasteiger partial charge in [0, 0.05) is 18.6 Å². The van der Waals surface area contributed by atoms with Crippen LogP contribution >= 0.6 is 0 Å². The molecule has 0 radical (unpaired) electrons. The number of methoxy groups -OCH3 is 1. The first kappa shape index (κ1) is 16.9. The highest BCUT2D eigenvalue weighted by atomic mass is 16.7. The quantitative estimate of drug-likeness (QED) is 0.808. The molecular formula is C17H20O7. The third-order valence-corrected chi connectivity index (χ3v) is 4.14. The van der Waals surface area contributed by atoms with Gasteiger partial charge < -0.3 is 28.8 Å². The summed E-state index contributed by atoms with van der Waals surface area (Å²) >= 11 is 0. The predicted molar refractivity (Wildman–Crippen MR) is 84.9 cm³/mol. The summed E-state index contributed by atoms with van der Waals surface area (Å²) in [6, 6.07) is 7.79. The molecule has 2 unspecified atom stereocenters. The average Bonchev–Trinajstić information content (AvgIpc) is 2.52. The molecule has 24 heavy (non-hydrogen) atoms. The molecule has 0 amide bonds. The number of aliphatic hydroxyl groups excluding tert-OH is 2. The van der Waals surface area contributed by atoms with E-state index in [1.807, 2.05) is 0 Å². The second-order valence-electron chi connectivity index (χ2n) is 6.30. The van der Waals surface area contributed by atoms with E-state index in [1.54, 1.807) is 38.1 Å². The fraction of sp³-hybridized carbons (Fsp3) is 0.471. The minimum Gasteiger partial charge on any atom is -0.462 e. The molecule has 4 atom stereocenters. The molecule has 0 spiro atoms. The Balaban J connectivity index is 1.85. The summed E-state index contributed by atoms with van der Waals surface area (Å²) in [5.74, 6) is 0.416. The lowest BCUT2D eigenvalue weighted by Gasteiger charge is -2.46. The fourth-order valence-electron chi connectivity index (χ4n) is 2.96. The van der Waals surface area contributed by atoms with Gasteiger partial charge in [-0.1, -0.05) is 0 Å². The summed E-state index contributed by atoms with van der Waals surface area (Å²) in [4.78, 5) is 11.2. The zero-order valence-electron chi connectivity index (χ0n) is 13.6. The van der Waals surface area contributed by atoms with Gasteiger partial charge in [-0.05, 0) is 38.1 Å². The highest BCUT2D eigenvalue weighted by Gasteiger charge is 2.50. The molecule has 1 aliphatic heterocycles. The van der Waals surface area contributed by atoms with Crippen molar-refractivity contribution < 1.29 is 28.8 Å². The van der Waals surface area contributed by atoms with Crippen LogP contribution in [-0.4, -0.2) is 47.5 Å². The first-order valence-electron chi connectivity index (χ1n) is 7.59. The number of fused-ring (bicyclic) bond motifs is 1. The second-order valence-corrected chi connectivity index (χ2v) is 6.30. The van der Waals surface area contributed by atoms with Crippen LogP contribution in [-0.2, 0) is 9.47 Å². The lowest BCUT2D eigenvalue weighted by atomic mass is 9.89. The Morgan fingerprint density at radius 2 is 1.88 bits per heavy atom. The third-order valence-electron chi connectivity index (χ3n) is 4.14. The molecule has 7 heteroatoms. The molecule has 1 saturated heterocycles. The highest BCUT2D eigenvalue weighted by Crippen LogP contribution is 2.33. The number of hydrogen-bond acceptors (Lipinski definition) is 7. The van der Waals surface area contributed by atoms with Gasteiger partial charge in [-0.2, -0.15) is 0 Å². The molecule has 1 aromatic heterocycles. The molecule has 130 valence electrons. The summed E-state index contributed by atoms with van der Waals surface area (Å²) in [6.07, 6.45) is -4.16. The lowest BCUT2D eigenvalue weighted by molar-refractivity contribution is -0.305. The normalized spacial score (nSPS) is 29.5. The van der Waals surface area contributed by atoms with E-state index in [-0.39, 0.29) is 0 Å². The van der Waals surface area contributed by atoms with E-state index in [4.69, 9.17) is 18.6 Å². The smallest absolute Gasteiger partial charge is 0.336 e. The van der Waals surface area contributed by atoms with E-state index >= 15 is 0 Å². The van der Waals surface area contributed by atoms with Crippen molar-refractivity contribution in [2.45, 2.75) is 44.1 Å². The van der Waals surface area contributed by atoms with Gasteiger partial charge in [0.25, 0.3) is 0 Å². The molecule has 0 bridgehead atoms. The van der Waals surface area contributed by atoms with E-state index in [2.05, 4.69) is 0 Å². The molecule has 0 saturated carbocycles. The van der Waals surface area contributed by atoms with Crippen LogP contribution in [0.1, 0.15) is 13.8 Å². The van der Waals surface area contributed by atoms with E-state index in [0.717, 1.165) is 0 Å². The zero-order chi connectivity index (χ0) is 17.5. The Morgan fingerprint density at radius 3 is 2.58 bits per heavy atom. The van der Waals surface area contributed by atoms with Crippen molar-refractivity contribution in [3.05, 3.63) is 40.8 Å². The van der Waals surface area contributed by atoms with Gasteiger partial charge >= 0.3 is 5.63 Å². The van der Waals surface area contributed by atoms with Gasteiger partial charge in [0.15, 0.2) is 0 Å². The maximum Gasteiger partial charge on any atom is 0.336 e. The minimum absolute atomic E-state index is 0.416. The average molecular weight is 336 g/mol. The Morgan fingerprint density at radius 1 is 1.12 bits per heavy atom. The molecule has 1 fully saturated rings. The predicted octanol–water partition coefficient (Wildman–Crippen LogP) is 1.04. The number of hydrogen-bond donors (Lipinski definition) is 2. The van der Waals surface area contributed by atoms with Crippen LogP contribution in [0.25, 0.3) is 11.0 Å². The van der Waals surface area contributed by atoms with Crippen molar-refractivity contribution in [2.24, 2.45) is 0 Å². The van der Waals surface area contributed by atoms with E-state index in [0.29, 0.717) is 16.7 Å². The second kappa shape index (κ2) is 6.18. The molecule has 7 nitrogen and oxygen atoms in total. The molecule has 1 aromatic carbocycles. The van der Waals surface area contributed by atoms with Crippen LogP contribution in [0.5, 0.6) is 5.75 Å². The Labute approximate surface area is 138 Å². The summed E-state index contributed by atoms with van der Waals surface area (Å²) < 4.78 is 21.7. The van der Waals surface area contributed by atoms with E-state index < -0.39 is 35.8 Å².